The Kier molecular flexibility index (Phi) is 3.61. The summed E-state index contributed by atoms with van der Waals surface area (Å²) in [5.74, 6) is 0. The summed E-state index contributed by atoms with van der Waals surface area (Å²) in [4.78, 5) is 13.6. The molecule has 0 saturated carbocycles. The molecule has 0 atom stereocenters. The molecule has 19 heavy (non-hydrogen) atoms. The lowest BCUT2D eigenvalue weighted by Gasteiger charge is -2.19. The van der Waals surface area contributed by atoms with Crippen LogP contribution in [0.2, 0.25) is 0 Å². The van der Waals surface area contributed by atoms with Crippen molar-refractivity contribution in [3.63, 3.8) is 0 Å². The third-order valence-electron chi connectivity index (χ3n) is 3.81. The van der Waals surface area contributed by atoms with E-state index in [0.29, 0.717) is 0 Å². The molecule has 0 spiro atoms. The summed E-state index contributed by atoms with van der Waals surface area (Å²) in [6.45, 7) is 6.28. The van der Waals surface area contributed by atoms with Crippen LogP contribution in [0.25, 0.3) is 5.57 Å². The maximum atomic E-state index is 11.5. The Bertz CT molecular complexity index is 592. The van der Waals surface area contributed by atoms with Crippen molar-refractivity contribution in [2.45, 2.75) is 27.2 Å². The molecule has 0 saturated heterocycles. The topological polar surface area (TPSA) is 20.3 Å². The molecule has 1 aromatic carbocycles. The van der Waals surface area contributed by atoms with E-state index in [2.05, 4.69) is 32.1 Å². The molecule has 0 aliphatic heterocycles. The lowest BCUT2D eigenvalue weighted by molar-refractivity contribution is 0.112. The van der Waals surface area contributed by atoms with Crippen molar-refractivity contribution in [2.75, 3.05) is 19.0 Å². The lowest BCUT2D eigenvalue weighted by Crippen LogP contribution is -2.12. The molecule has 2 rings (SSSR count). The summed E-state index contributed by atoms with van der Waals surface area (Å²) in [6, 6.07) is 4.18. The Balaban J connectivity index is 2.58. The van der Waals surface area contributed by atoms with Crippen LogP contribution >= 0.6 is 0 Å². The van der Waals surface area contributed by atoms with Crippen LogP contribution in [0.4, 0.5) is 5.69 Å². The highest BCUT2D eigenvalue weighted by molar-refractivity contribution is 5.92. The van der Waals surface area contributed by atoms with Gasteiger partial charge in [0.1, 0.15) is 0 Å². The number of carbonyl (C=O) groups is 1. The van der Waals surface area contributed by atoms with Gasteiger partial charge in [-0.2, -0.15) is 0 Å². The summed E-state index contributed by atoms with van der Waals surface area (Å²) in [5, 5.41) is 0. The number of rotatable bonds is 3. The fourth-order valence-corrected chi connectivity index (χ4v) is 2.85. The predicted molar refractivity (Wildman–Crippen MR) is 81.9 cm³/mol. The molecule has 0 radical (unpaired) electrons. The third kappa shape index (κ3) is 2.35. The second-order valence-electron chi connectivity index (χ2n) is 5.51. The number of hydrogen-bond acceptors (Lipinski definition) is 2. The first-order valence-electron chi connectivity index (χ1n) is 6.59. The number of carbonyl (C=O) groups excluding carboxylic acids is 1. The van der Waals surface area contributed by atoms with Gasteiger partial charge in [-0.05, 0) is 55.5 Å². The average molecular weight is 255 g/mol. The molecule has 0 unspecified atom stereocenters. The van der Waals surface area contributed by atoms with Crippen molar-refractivity contribution in [3.05, 3.63) is 46.0 Å². The van der Waals surface area contributed by atoms with Gasteiger partial charge in [-0.1, -0.05) is 17.7 Å². The average Bonchev–Trinajstić information content (AvgIpc) is 2.67. The predicted octanol–water partition coefficient (Wildman–Crippen LogP) is 4.00. The molecule has 1 aromatic rings. The zero-order chi connectivity index (χ0) is 14.2. The van der Waals surface area contributed by atoms with Gasteiger partial charge in [0, 0.05) is 25.3 Å². The molecule has 0 amide bonds. The smallest absolute Gasteiger partial charge is 0.151 e. The second-order valence-corrected chi connectivity index (χ2v) is 5.51. The van der Waals surface area contributed by atoms with E-state index in [9.17, 15) is 4.79 Å². The van der Waals surface area contributed by atoms with Crippen molar-refractivity contribution in [1.82, 2.24) is 0 Å². The summed E-state index contributed by atoms with van der Waals surface area (Å²) in [6.07, 6.45) is 4.15. The molecule has 0 N–H and O–H groups in total. The Hall–Kier alpha value is -1.83. The molecule has 2 heteroatoms. The summed E-state index contributed by atoms with van der Waals surface area (Å²) >= 11 is 0. The standard InChI is InChI=1S/C17H21NO/c1-11-8-12(2)15(9-11)14-6-7-17(18(4)5)13(3)16(14)10-19/h6-8,10H,9H2,1-5H3. The van der Waals surface area contributed by atoms with E-state index >= 15 is 0 Å². The summed E-state index contributed by atoms with van der Waals surface area (Å²) in [7, 11) is 4.00. The molecule has 0 bridgehead atoms. The molecule has 1 aliphatic carbocycles. The first-order chi connectivity index (χ1) is 8.95. The van der Waals surface area contributed by atoms with Gasteiger partial charge < -0.3 is 4.90 Å². The molecule has 1 aliphatic rings. The Morgan fingerprint density at radius 3 is 2.32 bits per heavy atom. The van der Waals surface area contributed by atoms with Gasteiger partial charge in [-0.25, -0.2) is 0 Å². The van der Waals surface area contributed by atoms with Crippen LogP contribution in [-0.2, 0) is 0 Å². The SMILES string of the molecule is CC1=CC(C)=C(c2ccc(N(C)C)c(C)c2C=O)C1. The fourth-order valence-electron chi connectivity index (χ4n) is 2.85. The zero-order valence-electron chi connectivity index (χ0n) is 12.4. The molecular weight excluding hydrogens is 234 g/mol. The molecule has 0 heterocycles. The first kappa shape index (κ1) is 13.6. The number of aldehydes is 1. The number of nitrogens with zero attached hydrogens (tertiary/aromatic N) is 1. The largest absolute Gasteiger partial charge is 0.377 e. The van der Waals surface area contributed by atoms with Gasteiger partial charge in [0.25, 0.3) is 0 Å². The van der Waals surface area contributed by atoms with E-state index in [4.69, 9.17) is 0 Å². The normalized spacial score (nSPS) is 14.7. The molecule has 2 nitrogen and oxygen atoms in total. The Morgan fingerprint density at radius 2 is 1.84 bits per heavy atom. The summed E-state index contributed by atoms with van der Waals surface area (Å²) < 4.78 is 0. The van der Waals surface area contributed by atoms with E-state index in [1.54, 1.807) is 0 Å². The molecular formula is C17H21NO. The maximum Gasteiger partial charge on any atom is 0.151 e. The van der Waals surface area contributed by atoms with E-state index < -0.39 is 0 Å². The second kappa shape index (κ2) is 5.04. The number of allylic oxidation sites excluding steroid dienone is 4. The Morgan fingerprint density at radius 1 is 1.16 bits per heavy atom. The van der Waals surface area contributed by atoms with Crippen molar-refractivity contribution < 1.29 is 4.79 Å². The van der Waals surface area contributed by atoms with Crippen LogP contribution in [0.3, 0.4) is 0 Å². The Labute approximate surface area is 115 Å². The van der Waals surface area contributed by atoms with Crippen molar-refractivity contribution in [1.29, 1.82) is 0 Å². The highest BCUT2D eigenvalue weighted by Crippen LogP contribution is 2.36. The van der Waals surface area contributed by atoms with Crippen LogP contribution in [0, 0.1) is 6.92 Å². The van der Waals surface area contributed by atoms with E-state index in [1.807, 2.05) is 25.9 Å². The van der Waals surface area contributed by atoms with Gasteiger partial charge in [0.15, 0.2) is 6.29 Å². The molecule has 0 fully saturated rings. The van der Waals surface area contributed by atoms with Gasteiger partial charge >= 0.3 is 0 Å². The van der Waals surface area contributed by atoms with E-state index in [0.717, 1.165) is 35.1 Å². The quantitative estimate of drug-likeness (QED) is 0.761. The highest BCUT2D eigenvalue weighted by atomic mass is 16.1. The van der Waals surface area contributed by atoms with Crippen LogP contribution in [0.15, 0.2) is 29.4 Å². The van der Waals surface area contributed by atoms with Gasteiger partial charge in [0.2, 0.25) is 0 Å². The summed E-state index contributed by atoms with van der Waals surface area (Å²) in [5.41, 5.74) is 7.99. The monoisotopic (exact) mass is 255 g/mol. The molecule has 0 aromatic heterocycles. The fraction of sp³-hybridized carbons (Fsp3) is 0.353. The van der Waals surface area contributed by atoms with E-state index in [1.165, 1.54) is 16.7 Å². The lowest BCUT2D eigenvalue weighted by atomic mass is 9.92. The number of benzene rings is 1. The van der Waals surface area contributed by atoms with Crippen LogP contribution in [0.1, 0.15) is 41.8 Å². The van der Waals surface area contributed by atoms with Crippen LogP contribution in [-0.4, -0.2) is 20.4 Å². The van der Waals surface area contributed by atoms with Crippen molar-refractivity contribution in [3.8, 4) is 0 Å². The highest BCUT2D eigenvalue weighted by Gasteiger charge is 2.18. The van der Waals surface area contributed by atoms with Crippen LogP contribution < -0.4 is 4.90 Å². The van der Waals surface area contributed by atoms with Crippen molar-refractivity contribution in [2.24, 2.45) is 0 Å². The minimum absolute atomic E-state index is 0.823. The van der Waals surface area contributed by atoms with Gasteiger partial charge in [-0.3, -0.25) is 4.79 Å². The van der Waals surface area contributed by atoms with Crippen molar-refractivity contribution >= 4 is 17.5 Å². The minimum Gasteiger partial charge on any atom is -0.377 e. The first-order valence-corrected chi connectivity index (χ1v) is 6.59. The van der Waals surface area contributed by atoms with Crippen LogP contribution in [0.5, 0.6) is 0 Å². The zero-order valence-corrected chi connectivity index (χ0v) is 12.4. The number of hydrogen-bond donors (Lipinski definition) is 0. The minimum atomic E-state index is 0.823. The third-order valence-corrected chi connectivity index (χ3v) is 3.81. The number of anilines is 1. The van der Waals surface area contributed by atoms with Gasteiger partial charge in [0.05, 0.1) is 0 Å². The maximum absolute atomic E-state index is 11.5. The van der Waals surface area contributed by atoms with Gasteiger partial charge in [-0.15, -0.1) is 0 Å². The molecule has 100 valence electrons. The van der Waals surface area contributed by atoms with E-state index in [-0.39, 0.29) is 0 Å².